The largest absolute Gasteiger partial charge is 0.372 e. The Morgan fingerprint density at radius 3 is 2.47 bits per heavy atom. The van der Waals surface area contributed by atoms with Crippen LogP contribution >= 0.6 is 0 Å². The summed E-state index contributed by atoms with van der Waals surface area (Å²) in [6.45, 7) is 10.5. The summed E-state index contributed by atoms with van der Waals surface area (Å²) in [4.78, 5) is 0. The van der Waals surface area contributed by atoms with Crippen LogP contribution in [-0.4, -0.2) is 18.7 Å². The van der Waals surface area contributed by atoms with Crippen LogP contribution in [-0.2, 0) is 4.74 Å². The van der Waals surface area contributed by atoms with Crippen LogP contribution in [0.3, 0.4) is 0 Å². The third kappa shape index (κ3) is 3.30. The highest BCUT2D eigenvalue weighted by Gasteiger charge is 2.24. The molecule has 17 heavy (non-hydrogen) atoms. The third-order valence-electron chi connectivity index (χ3n) is 3.43. The first-order valence-corrected chi connectivity index (χ1v) is 6.41. The first-order chi connectivity index (χ1) is 7.96. The van der Waals surface area contributed by atoms with E-state index in [-0.39, 0.29) is 11.6 Å². The van der Waals surface area contributed by atoms with Crippen molar-refractivity contribution in [2.45, 2.75) is 45.8 Å². The topological polar surface area (TPSA) is 21.3 Å². The quantitative estimate of drug-likeness (QED) is 0.804. The van der Waals surface area contributed by atoms with Gasteiger partial charge in [-0.05, 0) is 39.7 Å². The average molecular weight is 233 g/mol. The molecule has 1 N–H and O–H groups in total. The van der Waals surface area contributed by atoms with Gasteiger partial charge in [-0.1, -0.05) is 29.3 Å². The first kappa shape index (κ1) is 12.6. The molecule has 2 rings (SSSR count). The van der Waals surface area contributed by atoms with E-state index >= 15 is 0 Å². The van der Waals surface area contributed by atoms with Crippen molar-refractivity contribution in [3.63, 3.8) is 0 Å². The summed E-state index contributed by atoms with van der Waals surface area (Å²) in [7, 11) is 0. The van der Waals surface area contributed by atoms with Crippen LogP contribution in [0.15, 0.2) is 18.2 Å². The monoisotopic (exact) mass is 233 g/mol. The van der Waals surface area contributed by atoms with Gasteiger partial charge in [0.05, 0.1) is 6.10 Å². The fourth-order valence-electron chi connectivity index (χ4n) is 2.38. The second kappa shape index (κ2) is 4.79. The van der Waals surface area contributed by atoms with Gasteiger partial charge in [-0.25, -0.2) is 0 Å². The fourth-order valence-corrected chi connectivity index (χ4v) is 2.38. The second-order valence-corrected chi connectivity index (χ2v) is 5.80. The molecule has 1 unspecified atom stereocenters. The molecule has 0 bridgehead atoms. The molecule has 1 aromatic rings. The number of aryl methyl sites for hydroxylation is 2. The smallest absolute Gasteiger partial charge is 0.0949 e. The predicted molar refractivity (Wildman–Crippen MR) is 71.3 cm³/mol. The van der Waals surface area contributed by atoms with E-state index in [4.69, 9.17) is 4.74 Å². The SMILES string of the molecule is Cc1cc(C)cc(C2CNC(C)(C)CCO2)c1. The molecule has 94 valence electrons. The summed E-state index contributed by atoms with van der Waals surface area (Å²) in [5.41, 5.74) is 4.11. The van der Waals surface area contributed by atoms with E-state index in [0.29, 0.717) is 0 Å². The van der Waals surface area contributed by atoms with Crippen molar-refractivity contribution in [2.75, 3.05) is 13.2 Å². The lowest BCUT2D eigenvalue weighted by Gasteiger charge is -2.23. The van der Waals surface area contributed by atoms with E-state index in [9.17, 15) is 0 Å². The highest BCUT2D eigenvalue weighted by molar-refractivity contribution is 5.30. The Kier molecular flexibility index (Phi) is 3.55. The average Bonchev–Trinajstić information content (AvgIpc) is 2.38. The maximum Gasteiger partial charge on any atom is 0.0949 e. The minimum absolute atomic E-state index is 0.188. The number of rotatable bonds is 1. The van der Waals surface area contributed by atoms with Crippen LogP contribution in [0.1, 0.15) is 43.1 Å². The van der Waals surface area contributed by atoms with Crippen molar-refractivity contribution in [1.82, 2.24) is 5.32 Å². The van der Waals surface area contributed by atoms with Gasteiger partial charge >= 0.3 is 0 Å². The minimum atomic E-state index is 0.188. The molecule has 1 aliphatic rings. The molecule has 0 aliphatic carbocycles. The molecule has 1 fully saturated rings. The van der Waals surface area contributed by atoms with E-state index in [1.165, 1.54) is 16.7 Å². The zero-order valence-corrected chi connectivity index (χ0v) is 11.3. The maximum absolute atomic E-state index is 5.97. The molecular weight excluding hydrogens is 210 g/mol. The zero-order chi connectivity index (χ0) is 12.5. The van der Waals surface area contributed by atoms with Gasteiger partial charge < -0.3 is 10.1 Å². The first-order valence-electron chi connectivity index (χ1n) is 6.41. The molecule has 0 amide bonds. The summed E-state index contributed by atoms with van der Waals surface area (Å²) >= 11 is 0. The molecule has 0 spiro atoms. The Morgan fingerprint density at radius 1 is 1.18 bits per heavy atom. The van der Waals surface area contributed by atoms with Gasteiger partial charge in [0.2, 0.25) is 0 Å². The van der Waals surface area contributed by atoms with Crippen LogP contribution in [0.4, 0.5) is 0 Å². The van der Waals surface area contributed by atoms with Crippen LogP contribution in [0, 0.1) is 13.8 Å². The van der Waals surface area contributed by atoms with E-state index < -0.39 is 0 Å². The predicted octanol–water partition coefficient (Wildman–Crippen LogP) is 3.13. The highest BCUT2D eigenvalue weighted by Crippen LogP contribution is 2.24. The zero-order valence-electron chi connectivity index (χ0n) is 11.3. The Morgan fingerprint density at radius 2 is 1.82 bits per heavy atom. The summed E-state index contributed by atoms with van der Waals surface area (Å²) in [6.07, 6.45) is 1.25. The summed E-state index contributed by atoms with van der Waals surface area (Å²) in [6, 6.07) is 6.67. The molecule has 0 radical (unpaired) electrons. The van der Waals surface area contributed by atoms with Gasteiger partial charge in [-0.2, -0.15) is 0 Å². The van der Waals surface area contributed by atoms with Crippen LogP contribution in [0.5, 0.6) is 0 Å². The van der Waals surface area contributed by atoms with Gasteiger partial charge in [0.25, 0.3) is 0 Å². The van der Waals surface area contributed by atoms with Crippen LogP contribution < -0.4 is 5.32 Å². The van der Waals surface area contributed by atoms with Crippen molar-refractivity contribution in [3.8, 4) is 0 Å². The standard InChI is InChI=1S/C15H23NO/c1-11-7-12(2)9-13(8-11)14-10-16-15(3,4)5-6-17-14/h7-9,14,16H,5-6,10H2,1-4H3. The van der Waals surface area contributed by atoms with E-state index in [0.717, 1.165) is 19.6 Å². The van der Waals surface area contributed by atoms with Crippen molar-refractivity contribution in [1.29, 1.82) is 0 Å². The van der Waals surface area contributed by atoms with Crippen LogP contribution in [0.25, 0.3) is 0 Å². The lowest BCUT2D eigenvalue weighted by molar-refractivity contribution is 0.0655. The van der Waals surface area contributed by atoms with Gasteiger partial charge in [0.1, 0.15) is 0 Å². The number of ether oxygens (including phenoxy) is 1. The minimum Gasteiger partial charge on any atom is -0.372 e. The molecule has 0 saturated carbocycles. The normalized spacial score (nSPS) is 24.4. The summed E-state index contributed by atoms with van der Waals surface area (Å²) < 4.78 is 5.97. The molecule has 2 heteroatoms. The van der Waals surface area contributed by atoms with Gasteiger partial charge in [-0.15, -0.1) is 0 Å². The Hall–Kier alpha value is -0.860. The number of nitrogens with one attached hydrogen (secondary N) is 1. The lowest BCUT2D eigenvalue weighted by atomic mass is 10.0. The van der Waals surface area contributed by atoms with E-state index in [1.54, 1.807) is 0 Å². The van der Waals surface area contributed by atoms with Crippen molar-refractivity contribution >= 4 is 0 Å². The molecule has 1 aliphatic heterocycles. The molecular formula is C15H23NO. The fraction of sp³-hybridized carbons (Fsp3) is 0.600. The second-order valence-electron chi connectivity index (χ2n) is 5.80. The number of hydrogen-bond acceptors (Lipinski definition) is 2. The van der Waals surface area contributed by atoms with Crippen molar-refractivity contribution in [2.24, 2.45) is 0 Å². The summed E-state index contributed by atoms with van der Waals surface area (Å²) in [5, 5.41) is 3.58. The third-order valence-corrected chi connectivity index (χ3v) is 3.43. The van der Waals surface area contributed by atoms with Crippen LogP contribution in [0.2, 0.25) is 0 Å². The Balaban J connectivity index is 2.17. The van der Waals surface area contributed by atoms with Gasteiger partial charge in [0.15, 0.2) is 0 Å². The van der Waals surface area contributed by atoms with E-state index in [1.807, 2.05) is 0 Å². The van der Waals surface area contributed by atoms with E-state index in [2.05, 4.69) is 51.2 Å². The molecule has 1 atom stereocenters. The number of benzene rings is 1. The molecule has 0 aromatic heterocycles. The maximum atomic E-state index is 5.97. The number of hydrogen-bond donors (Lipinski definition) is 1. The highest BCUT2D eigenvalue weighted by atomic mass is 16.5. The molecule has 1 heterocycles. The molecule has 1 aromatic carbocycles. The lowest BCUT2D eigenvalue weighted by Crippen LogP contribution is -2.39. The van der Waals surface area contributed by atoms with Gasteiger partial charge in [-0.3, -0.25) is 0 Å². The van der Waals surface area contributed by atoms with Gasteiger partial charge in [0, 0.05) is 18.7 Å². The summed E-state index contributed by atoms with van der Waals surface area (Å²) in [5.74, 6) is 0. The molecule has 1 saturated heterocycles. The molecule has 2 nitrogen and oxygen atoms in total. The van der Waals surface area contributed by atoms with Crippen molar-refractivity contribution < 1.29 is 4.74 Å². The van der Waals surface area contributed by atoms with Crippen molar-refractivity contribution in [3.05, 3.63) is 34.9 Å². The Labute approximate surface area is 104 Å². The Bertz CT molecular complexity index is 378.